The van der Waals surface area contributed by atoms with Gasteiger partial charge in [-0.1, -0.05) is 48.5 Å². The largest absolute Gasteiger partial charge is 0.460 e. The van der Waals surface area contributed by atoms with Gasteiger partial charge in [0.2, 0.25) is 21.8 Å². The number of benzene rings is 3. The van der Waals surface area contributed by atoms with Crippen molar-refractivity contribution in [1.29, 1.82) is 0 Å². The number of sulfonamides is 1. The number of imide groups is 1. The highest BCUT2D eigenvalue weighted by Gasteiger charge is 2.61. The van der Waals surface area contributed by atoms with Crippen LogP contribution in [0.25, 0.3) is 0 Å². The van der Waals surface area contributed by atoms with Crippen molar-refractivity contribution in [3.63, 3.8) is 0 Å². The van der Waals surface area contributed by atoms with Crippen LogP contribution in [-0.4, -0.2) is 74.9 Å². The minimum Gasteiger partial charge on any atom is -0.460 e. The third-order valence-electron chi connectivity index (χ3n) is 8.79. The first-order valence-corrected chi connectivity index (χ1v) is 15.2. The number of hydrogen-bond donors (Lipinski definition) is 0. The predicted molar refractivity (Wildman–Crippen MR) is 147 cm³/mol. The van der Waals surface area contributed by atoms with Crippen LogP contribution in [0.5, 0.6) is 0 Å². The summed E-state index contributed by atoms with van der Waals surface area (Å²) in [5.41, 5.74) is 4.59. The summed E-state index contributed by atoms with van der Waals surface area (Å²) >= 11 is 0. The number of amides is 2. The molecule has 10 heteroatoms. The molecule has 0 saturated carbocycles. The highest BCUT2D eigenvalue weighted by molar-refractivity contribution is 7.89. The summed E-state index contributed by atoms with van der Waals surface area (Å²) in [5.74, 6) is -2.44. The van der Waals surface area contributed by atoms with Crippen LogP contribution < -0.4 is 0 Å². The molecule has 8 rings (SSSR count). The topological polar surface area (TPSA) is 110 Å². The summed E-state index contributed by atoms with van der Waals surface area (Å²) in [6, 6.07) is 21.7. The Morgan fingerprint density at radius 1 is 0.780 bits per heavy atom. The number of likely N-dealkylation sites (tertiary alicyclic amines) is 1. The summed E-state index contributed by atoms with van der Waals surface area (Å²) in [4.78, 5) is 41.4. The van der Waals surface area contributed by atoms with Crippen molar-refractivity contribution in [2.24, 2.45) is 11.8 Å². The van der Waals surface area contributed by atoms with Gasteiger partial charge in [0.1, 0.15) is 6.61 Å². The molecule has 3 aromatic carbocycles. The molecule has 9 nitrogen and oxygen atoms in total. The molecule has 5 aliphatic rings. The molecule has 0 radical (unpaired) electrons. The smallest absolute Gasteiger partial charge is 0.338 e. The lowest BCUT2D eigenvalue weighted by Crippen LogP contribution is -2.41. The summed E-state index contributed by atoms with van der Waals surface area (Å²) in [7, 11) is -3.68. The molecule has 2 aliphatic heterocycles. The van der Waals surface area contributed by atoms with Crippen molar-refractivity contribution in [1.82, 2.24) is 9.21 Å². The maximum absolute atomic E-state index is 13.7. The van der Waals surface area contributed by atoms with Crippen molar-refractivity contribution in [3.05, 3.63) is 101 Å². The third kappa shape index (κ3) is 4.04. The molecule has 2 atom stereocenters. The normalized spacial score (nSPS) is 25.0. The molecular formula is C31H28N2O7S. The summed E-state index contributed by atoms with van der Waals surface area (Å²) in [5, 5.41) is 0. The van der Waals surface area contributed by atoms with E-state index in [0.717, 1.165) is 22.3 Å². The zero-order chi connectivity index (χ0) is 28.3. The van der Waals surface area contributed by atoms with E-state index in [-0.39, 0.29) is 60.4 Å². The van der Waals surface area contributed by atoms with Crippen LogP contribution in [0, 0.1) is 11.8 Å². The van der Waals surface area contributed by atoms with Gasteiger partial charge in [-0.15, -0.1) is 0 Å². The highest BCUT2D eigenvalue weighted by Crippen LogP contribution is 2.60. The van der Waals surface area contributed by atoms with E-state index in [2.05, 4.69) is 24.3 Å². The van der Waals surface area contributed by atoms with Gasteiger partial charge in [-0.3, -0.25) is 14.5 Å². The molecule has 2 saturated heterocycles. The second-order valence-corrected chi connectivity index (χ2v) is 12.7. The maximum atomic E-state index is 13.7. The van der Waals surface area contributed by atoms with Crippen LogP contribution >= 0.6 is 0 Å². The molecule has 0 unspecified atom stereocenters. The summed E-state index contributed by atoms with van der Waals surface area (Å²) < 4.78 is 37.7. The number of hydrogen-bond acceptors (Lipinski definition) is 7. The van der Waals surface area contributed by atoms with Crippen molar-refractivity contribution in [3.8, 4) is 0 Å². The Balaban J connectivity index is 1.04. The van der Waals surface area contributed by atoms with Crippen LogP contribution in [-0.2, 0) is 29.1 Å². The Labute approximate surface area is 237 Å². The molecule has 2 fully saturated rings. The van der Waals surface area contributed by atoms with E-state index in [4.69, 9.17) is 9.47 Å². The first kappa shape index (κ1) is 26.1. The van der Waals surface area contributed by atoms with Crippen LogP contribution in [0.15, 0.2) is 77.7 Å². The molecule has 0 spiro atoms. The van der Waals surface area contributed by atoms with Gasteiger partial charge in [-0.05, 0) is 46.5 Å². The Bertz CT molecular complexity index is 1550. The first-order chi connectivity index (χ1) is 19.9. The van der Waals surface area contributed by atoms with Gasteiger partial charge in [-0.2, -0.15) is 4.31 Å². The first-order valence-electron chi connectivity index (χ1n) is 13.8. The Morgan fingerprint density at radius 2 is 1.27 bits per heavy atom. The number of ether oxygens (including phenoxy) is 2. The molecule has 2 heterocycles. The molecule has 2 bridgehead atoms. The Kier molecular flexibility index (Phi) is 6.29. The van der Waals surface area contributed by atoms with Gasteiger partial charge >= 0.3 is 5.97 Å². The minimum absolute atomic E-state index is 0.0357. The van der Waals surface area contributed by atoms with Crippen molar-refractivity contribution in [2.75, 3.05) is 39.5 Å². The second kappa shape index (κ2) is 9.90. The van der Waals surface area contributed by atoms with Crippen LogP contribution in [0.4, 0.5) is 0 Å². The van der Waals surface area contributed by atoms with E-state index in [1.165, 1.54) is 33.5 Å². The Hall–Kier alpha value is -3.86. The van der Waals surface area contributed by atoms with Gasteiger partial charge in [0.15, 0.2) is 0 Å². The quantitative estimate of drug-likeness (QED) is 0.330. The lowest BCUT2D eigenvalue weighted by atomic mass is 9.55. The average Bonchev–Trinajstić information content (AvgIpc) is 3.27. The number of nitrogens with zero attached hydrogens (tertiary/aromatic N) is 2. The molecule has 0 N–H and O–H groups in total. The monoisotopic (exact) mass is 572 g/mol. The lowest BCUT2D eigenvalue weighted by Gasteiger charge is -2.45. The van der Waals surface area contributed by atoms with Crippen molar-refractivity contribution >= 4 is 27.8 Å². The third-order valence-corrected chi connectivity index (χ3v) is 10.7. The van der Waals surface area contributed by atoms with Crippen LogP contribution in [0.1, 0.15) is 44.4 Å². The fourth-order valence-corrected chi connectivity index (χ4v) is 8.38. The Morgan fingerprint density at radius 3 is 1.76 bits per heavy atom. The van der Waals surface area contributed by atoms with Crippen LogP contribution in [0.3, 0.4) is 0 Å². The van der Waals surface area contributed by atoms with Gasteiger partial charge < -0.3 is 9.47 Å². The standard InChI is InChI=1S/C31H28N2O7S/c34-29-27-25-21-5-1-2-6-22(21)26(24-8-4-3-7-23(24)25)28(27)30(35)33(29)15-18-40-31(36)19-9-11-20(12-10-19)41(37,38)32-13-16-39-17-14-32/h1-12,25-28H,13-18H2/t25?,26?,27-,28-/m0/s1. The molecule has 3 aromatic rings. The number of morpholine rings is 1. The van der Waals surface area contributed by atoms with Crippen molar-refractivity contribution in [2.45, 2.75) is 16.7 Å². The average molecular weight is 573 g/mol. The molecule has 3 aliphatic carbocycles. The van der Waals surface area contributed by atoms with E-state index < -0.39 is 27.8 Å². The molecule has 2 amide bonds. The maximum Gasteiger partial charge on any atom is 0.338 e. The van der Waals surface area contributed by atoms with Gasteiger partial charge in [0.25, 0.3) is 0 Å². The van der Waals surface area contributed by atoms with Crippen molar-refractivity contribution < 1.29 is 32.3 Å². The number of esters is 1. The van der Waals surface area contributed by atoms with E-state index in [0.29, 0.717) is 13.2 Å². The lowest BCUT2D eigenvalue weighted by molar-refractivity contribution is -0.140. The van der Waals surface area contributed by atoms with E-state index in [1.54, 1.807) is 0 Å². The summed E-state index contributed by atoms with van der Waals surface area (Å²) in [6.45, 7) is 1.05. The fraction of sp³-hybridized carbons (Fsp3) is 0.323. The van der Waals surface area contributed by atoms with Crippen LogP contribution in [0.2, 0.25) is 0 Å². The van der Waals surface area contributed by atoms with Gasteiger partial charge in [-0.25, -0.2) is 13.2 Å². The number of rotatable bonds is 6. The van der Waals surface area contributed by atoms with E-state index in [1.807, 2.05) is 24.3 Å². The van der Waals surface area contributed by atoms with E-state index in [9.17, 15) is 22.8 Å². The highest BCUT2D eigenvalue weighted by atomic mass is 32.2. The van der Waals surface area contributed by atoms with E-state index >= 15 is 0 Å². The zero-order valence-corrected chi connectivity index (χ0v) is 23.0. The fourth-order valence-electron chi connectivity index (χ4n) is 6.97. The number of carbonyl (C=O) groups is 3. The second-order valence-electron chi connectivity index (χ2n) is 10.8. The minimum atomic E-state index is -3.68. The van der Waals surface area contributed by atoms with Gasteiger partial charge in [0, 0.05) is 24.9 Å². The molecular weight excluding hydrogens is 544 g/mol. The SMILES string of the molecule is O=C(OCCN1C(=O)[C@H]2C3c4ccccc4C(c4ccccc43)[C@@H]2C1=O)c1ccc(S(=O)(=O)N2CCOCC2)cc1. The molecule has 0 aromatic heterocycles. The zero-order valence-electron chi connectivity index (χ0n) is 22.1. The molecule has 210 valence electrons. The molecule has 41 heavy (non-hydrogen) atoms. The predicted octanol–water partition coefficient (Wildman–Crippen LogP) is 2.76. The van der Waals surface area contributed by atoms with Gasteiger partial charge in [0.05, 0.1) is 42.1 Å². The number of carbonyl (C=O) groups excluding carboxylic acids is 3. The summed E-state index contributed by atoms with van der Waals surface area (Å²) in [6.07, 6.45) is 0.